The van der Waals surface area contributed by atoms with Crippen molar-refractivity contribution in [1.29, 1.82) is 0 Å². The summed E-state index contributed by atoms with van der Waals surface area (Å²) in [6.07, 6.45) is 4.14. The fourth-order valence-corrected chi connectivity index (χ4v) is 2.27. The summed E-state index contributed by atoms with van der Waals surface area (Å²) in [6.45, 7) is 0. The van der Waals surface area contributed by atoms with Gasteiger partial charge in [0.2, 0.25) is 0 Å². The molecule has 10 heavy (non-hydrogen) atoms. The zero-order chi connectivity index (χ0) is 7.19. The molecule has 0 saturated heterocycles. The zero-order valence-corrected chi connectivity index (χ0v) is 5.97. The average molecular weight is 140 g/mol. The number of ketones is 1. The van der Waals surface area contributed by atoms with Gasteiger partial charge in [0.1, 0.15) is 5.78 Å². The Balaban J connectivity index is 2.10. The van der Waals surface area contributed by atoms with Crippen LogP contribution in [0, 0.1) is 5.41 Å². The van der Waals surface area contributed by atoms with Crippen molar-refractivity contribution in [3.8, 4) is 0 Å². The number of Topliss-reactive ketones (excluding diaryl/α,β-unsaturated/α-hetero) is 1. The highest BCUT2D eigenvalue weighted by atomic mass is 16.3. The highest BCUT2D eigenvalue weighted by molar-refractivity contribution is 5.87. The smallest absolute Gasteiger partial charge is 0.139 e. The lowest BCUT2D eigenvalue weighted by Crippen LogP contribution is -2.43. The maximum absolute atomic E-state index is 11.2. The van der Waals surface area contributed by atoms with Crippen molar-refractivity contribution in [2.45, 2.75) is 38.2 Å². The molecule has 1 spiro atoms. The van der Waals surface area contributed by atoms with Crippen molar-refractivity contribution in [2.75, 3.05) is 0 Å². The first kappa shape index (κ1) is 6.35. The summed E-state index contributed by atoms with van der Waals surface area (Å²) in [4.78, 5) is 11.2. The van der Waals surface area contributed by atoms with Crippen molar-refractivity contribution < 1.29 is 9.90 Å². The standard InChI is InChI=1S/C8H12O2/c9-6-4-8(5-6)3-1-2-7(8)10/h6,9H,1-5H2. The third kappa shape index (κ3) is 0.655. The van der Waals surface area contributed by atoms with Crippen LogP contribution in [0.4, 0.5) is 0 Å². The number of hydrogen-bond acceptors (Lipinski definition) is 2. The van der Waals surface area contributed by atoms with Crippen molar-refractivity contribution in [3.05, 3.63) is 0 Å². The van der Waals surface area contributed by atoms with Crippen LogP contribution in [-0.2, 0) is 4.79 Å². The fourth-order valence-electron chi connectivity index (χ4n) is 2.27. The van der Waals surface area contributed by atoms with E-state index in [9.17, 15) is 4.79 Å². The van der Waals surface area contributed by atoms with E-state index in [0.29, 0.717) is 5.78 Å². The lowest BCUT2D eigenvalue weighted by Gasteiger charge is -2.40. The lowest BCUT2D eigenvalue weighted by molar-refractivity contribution is -0.137. The second-order valence-electron chi connectivity index (χ2n) is 3.62. The summed E-state index contributed by atoms with van der Waals surface area (Å²) in [5, 5.41) is 9.04. The van der Waals surface area contributed by atoms with Crippen LogP contribution in [0.3, 0.4) is 0 Å². The minimum Gasteiger partial charge on any atom is -0.393 e. The quantitative estimate of drug-likeness (QED) is 0.542. The van der Waals surface area contributed by atoms with E-state index in [2.05, 4.69) is 0 Å². The van der Waals surface area contributed by atoms with Crippen LogP contribution in [0.1, 0.15) is 32.1 Å². The largest absolute Gasteiger partial charge is 0.393 e. The molecule has 0 bridgehead atoms. The Morgan fingerprint density at radius 2 is 2.20 bits per heavy atom. The minimum atomic E-state index is -0.179. The predicted molar refractivity (Wildman–Crippen MR) is 36.5 cm³/mol. The van der Waals surface area contributed by atoms with Crippen molar-refractivity contribution in [1.82, 2.24) is 0 Å². The SMILES string of the molecule is O=C1CCCC12CC(O)C2. The monoisotopic (exact) mass is 140 g/mol. The molecule has 0 aliphatic heterocycles. The summed E-state index contributed by atoms with van der Waals surface area (Å²) in [6, 6.07) is 0. The van der Waals surface area contributed by atoms with Gasteiger partial charge in [-0.3, -0.25) is 4.79 Å². The summed E-state index contributed by atoms with van der Waals surface area (Å²) >= 11 is 0. The molecule has 2 aliphatic carbocycles. The number of aliphatic hydroxyl groups excluding tert-OH is 1. The maximum atomic E-state index is 11.2. The Kier molecular flexibility index (Phi) is 1.15. The topological polar surface area (TPSA) is 37.3 Å². The third-order valence-electron chi connectivity index (χ3n) is 2.90. The van der Waals surface area contributed by atoms with Crippen molar-refractivity contribution in [3.63, 3.8) is 0 Å². The van der Waals surface area contributed by atoms with E-state index in [-0.39, 0.29) is 11.5 Å². The highest BCUT2D eigenvalue weighted by Gasteiger charge is 2.51. The fraction of sp³-hybridized carbons (Fsp3) is 0.875. The number of aliphatic hydroxyl groups is 1. The highest BCUT2D eigenvalue weighted by Crippen LogP contribution is 2.50. The Hall–Kier alpha value is -0.370. The molecule has 0 aromatic rings. The average Bonchev–Trinajstić information content (AvgIpc) is 2.12. The summed E-state index contributed by atoms with van der Waals surface area (Å²) in [7, 11) is 0. The van der Waals surface area contributed by atoms with Gasteiger partial charge < -0.3 is 5.11 Å². The van der Waals surface area contributed by atoms with E-state index < -0.39 is 0 Å². The van der Waals surface area contributed by atoms with Crippen LogP contribution in [0.15, 0.2) is 0 Å². The minimum absolute atomic E-state index is 0.0422. The molecule has 2 heteroatoms. The number of rotatable bonds is 0. The van der Waals surface area contributed by atoms with Crippen molar-refractivity contribution >= 4 is 5.78 Å². The van der Waals surface area contributed by atoms with Crippen LogP contribution in [0.5, 0.6) is 0 Å². The first-order valence-corrected chi connectivity index (χ1v) is 3.94. The first-order chi connectivity index (χ1) is 4.73. The van der Waals surface area contributed by atoms with E-state index in [1.165, 1.54) is 0 Å². The van der Waals surface area contributed by atoms with Crippen molar-refractivity contribution in [2.24, 2.45) is 5.41 Å². The van der Waals surface area contributed by atoms with Crippen LogP contribution < -0.4 is 0 Å². The van der Waals surface area contributed by atoms with Crippen LogP contribution in [0.25, 0.3) is 0 Å². The van der Waals surface area contributed by atoms with Gasteiger partial charge in [0.25, 0.3) is 0 Å². The number of carbonyl (C=O) groups excluding carboxylic acids is 1. The molecule has 0 amide bonds. The molecule has 0 aromatic heterocycles. The summed E-state index contributed by atoms with van der Waals surface area (Å²) in [5.74, 6) is 0.401. The summed E-state index contributed by atoms with van der Waals surface area (Å²) in [5.41, 5.74) is -0.0422. The molecule has 0 atom stereocenters. The number of hydrogen-bond donors (Lipinski definition) is 1. The molecular weight excluding hydrogens is 128 g/mol. The molecule has 2 fully saturated rings. The van der Waals surface area contributed by atoms with Gasteiger partial charge in [-0.25, -0.2) is 0 Å². The van der Waals surface area contributed by atoms with Gasteiger partial charge in [-0.2, -0.15) is 0 Å². The van der Waals surface area contributed by atoms with E-state index in [1.807, 2.05) is 0 Å². The Morgan fingerprint density at radius 1 is 1.50 bits per heavy atom. The van der Waals surface area contributed by atoms with E-state index in [0.717, 1.165) is 32.1 Å². The normalized spacial score (nSPS) is 46.1. The molecule has 0 aromatic carbocycles. The zero-order valence-electron chi connectivity index (χ0n) is 5.97. The molecule has 56 valence electrons. The van der Waals surface area contributed by atoms with Gasteiger partial charge in [-0.15, -0.1) is 0 Å². The third-order valence-corrected chi connectivity index (χ3v) is 2.90. The first-order valence-electron chi connectivity index (χ1n) is 3.94. The molecule has 2 saturated carbocycles. The molecule has 0 heterocycles. The van der Waals surface area contributed by atoms with Crippen LogP contribution >= 0.6 is 0 Å². The second-order valence-corrected chi connectivity index (χ2v) is 3.62. The predicted octanol–water partition coefficient (Wildman–Crippen LogP) is 0.881. The second kappa shape index (κ2) is 1.82. The van der Waals surface area contributed by atoms with Gasteiger partial charge in [0.15, 0.2) is 0 Å². The molecule has 1 N–H and O–H groups in total. The van der Waals surface area contributed by atoms with Gasteiger partial charge in [-0.1, -0.05) is 0 Å². The Labute approximate surface area is 60.2 Å². The molecule has 2 aliphatic rings. The maximum Gasteiger partial charge on any atom is 0.139 e. The van der Waals surface area contributed by atoms with E-state index >= 15 is 0 Å². The van der Waals surface area contributed by atoms with Crippen LogP contribution in [0.2, 0.25) is 0 Å². The Bertz CT molecular complexity index is 168. The molecule has 2 nitrogen and oxygen atoms in total. The van der Waals surface area contributed by atoms with Gasteiger partial charge >= 0.3 is 0 Å². The lowest BCUT2D eigenvalue weighted by atomic mass is 9.65. The van der Waals surface area contributed by atoms with Gasteiger partial charge in [0, 0.05) is 11.8 Å². The molecule has 0 radical (unpaired) electrons. The van der Waals surface area contributed by atoms with Crippen LogP contribution in [-0.4, -0.2) is 17.0 Å². The Morgan fingerprint density at radius 3 is 2.60 bits per heavy atom. The van der Waals surface area contributed by atoms with E-state index in [4.69, 9.17) is 5.11 Å². The van der Waals surface area contributed by atoms with Gasteiger partial charge in [0.05, 0.1) is 6.10 Å². The van der Waals surface area contributed by atoms with E-state index in [1.54, 1.807) is 0 Å². The molecular formula is C8H12O2. The molecule has 2 rings (SSSR count). The van der Waals surface area contributed by atoms with Gasteiger partial charge in [-0.05, 0) is 25.7 Å². The molecule has 0 unspecified atom stereocenters. The number of carbonyl (C=O) groups is 1. The summed E-state index contributed by atoms with van der Waals surface area (Å²) < 4.78 is 0.